The van der Waals surface area contributed by atoms with Crippen LogP contribution in [-0.4, -0.2) is 20.0 Å². The van der Waals surface area contributed by atoms with E-state index >= 15 is 0 Å². The topological polar surface area (TPSA) is 72.5 Å². The van der Waals surface area contributed by atoms with E-state index in [1.807, 2.05) is 0 Å². The number of hydrogen-bond acceptors (Lipinski definition) is 3. The summed E-state index contributed by atoms with van der Waals surface area (Å²) in [5.74, 6) is 0.399. The van der Waals surface area contributed by atoms with Gasteiger partial charge in [0, 0.05) is 5.92 Å². The lowest BCUT2D eigenvalue weighted by molar-refractivity contribution is 0.611. The van der Waals surface area contributed by atoms with Crippen molar-refractivity contribution in [3.8, 4) is 5.69 Å². The Bertz CT molecular complexity index is 797. The van der Waals surface area contributed by atoms with Crippen LogP contribution in [0.5, 0.6) is 0 Å². The number of nitrogens with one attached hydrogen (secondary N) is 1. The summed E-state index contributed by atoms with van der Waals surface area (Å²) in [6.45, 7) is 0. The van der Waals surface area contributed by atoms with Crippen LogP contribution in [0.2, 0.25) is 5.02 Å². The summed E-state index contributed by atoms with van der Waals surface area (Å²) in [6, 6.07) is 4.53. The van der Waals surface area contributed by atoms with Gasteiger partial charge in [-0.05, 0) is 25.0 Å². The first kappa shape index (κ1) is 11.7. The van der Waals surface area contributed by atoms with Crippen LogP contribution in [0.4, 0.5) is 10.2 Å². The summed E-state index contributed by atoms with van der Waals surface area (Å²) < 4.78 is 15.5. The summed E-state index contributed by atoms with van der Waals surface area (Å²) >= 11 is 6.11. The third-order valence-corrected chi connectivity index (χ3v) is 3.86. The Balaban J connectivity index is 2.05. The molecule has 1 saturated carbocycles. The van der Waals surface area contributed by atoms with E-state index in [2.05, 4.69) is 15.3 Å². The zero-order chi connectivity index (χ0) is 13.9. The van der Waals surface area contributed by atoms with Crippen LogP contribution < -0.4 is 5.73 Å². The molecule has 1 aliphatic rings. The zero-order valence-corrected chi connectivity index (χ0v) is 11.2. The summed E-state index contributed by atoms with van der Waals surface area (Å²) in [6.07, 6.45) is 2.14. The van der Waals surface area contributed by atoms with Gasteiger partial charge in [-0.1, -0.05) is 17.7 Å². The van der Waals surface area contributed by atoms with Gasteiger partial charge in [-0.2, -0.15) is 10.2 Å². The minimum Gasteiger partial charge on any atom is -0.383 e. The SMILES string of the molecule is Nc1[nH]nc2c1c(C1CC1)nn2-c1c(F)cccc1Cl. The molecular formula is C13H11ClFN5. The molecule has 0 saturated heterocycles. The predicted molar refractivity (Wildman–Crippen MR) is 74.6 cm³/mol. The zero-order valence-electron chi connectivity index (χ0n) is 10.4. The van der Waals surface area contributed by atoms with E-state index < -0.39 is 5.82 Å². The third-order valence-electron chi connectivity index (χ3n) is 3.55. The molecule has 0 aliphatic heterocycles. The molecule has 0 bridgehead atoms. The third kappa shape index (κ3) is 1.54. The van der Waals surface area contributed by atoms with Crippen LogP contribution in [0.1, 0.15) is 24.5 Å². The quantitative estimate of drug-likeness (QED) is 0.762. The number of H-pyrrole nitrogens is 1. The number of nitrogen functional groups attached to an aromatic ring is 1. The van der Waals surface area contributed by atoms with E-state index in [1.165, 1.54) is 10.7 Å². The molecule has 0 atom stereocenters. The molecule has 0 radical (unpaired) electrons. The second kappa shape index (κ2) is 3.96. The van der Waals surface area contributed by atoms with Gasteiger partial charge >= 0.3 is 0 Å². The lowest BCUT2D eigenvalue weighted by Gasteiger charge is -2.05. The molecule has 1 aromatic carbocycles. The molecule has 3 aromatic rings. The molecule has 0 spiro atoms. The smallest absolute Gasteiger partial charge is 0.186 e. The molecule has 2 aromatic heterocycles. The van der Waals surface area contributed by atoms with E-state index in [0.29, 0.717) is 22.4 Å². The first-order valence-corrected chi connectivity index (χ1v) is 6.71. The molecule has 2 heterocycles. The minimum atomic E-state index is -0.439. The first-order valence-electron chi connectivity index (χ1n) is 6.33. The van der Waals surface area contributed by atoms with Crippen molar-refractivity contribution in [3.05, 3.63) is 34.7 Å². The van der Waals surface area contributed by atoms with Crippen molar-refractivity contribution in [3.63, 3.8) is 0 Å². The van der Waals surface area contributed by atoms with Gasteiger partial charge in [-0.3, -0.25) is 5.10 Å². The fourth-order valence-corrected chi connectivity index (χ4v) is 2.69. The maximum absolute atomic E-state index is 14.1. The number of hydrogen-bond donors (Lipinski definition) is 2. The van der Waals surface area contributed by atoms with Crippen molar-refractivity contribution < 1.29 is 4.39 Å². The van der Waals surface area contributed by atoms with Crippen LogP contribution >= 0.6 is 11.6 Å². The van der Waals surface area contributed by atoms with Gasteiger partial charge in [-0.25, -0.2) is 9.07 Å². The molecule has 102 valence electrons. The summed E-state index contributed by atoms with van der Waals surface area (Å²) in [4.78, 5) is 0. The molecule has 20 heavy (non-hydrogen) atoms. The highest BCUT2D eigenvalue weighted by Crippen LogP contribution is 2.44. The highest BCUT2D eigenvalue weighted by atomic mass is 35.5. The van der Waals surface area contributed by atoms with Crippen molar-refractivity contribution in [2.75, 3.05) is 5.73 Å². The number of aromatic nitrogens is 4. The van der Waals surface area contributed by atoms with Gasteiger partial charge < -0.3 is 5.73 Å². The number of rotatable bonds is 2. The van der Waals surface area contributed by atoms with Crippen LogP contribution in [0.3, 0.4) is 0 Å². The Labute approximate surface area is 118 Å². The van der Waals surface area contributed by atoms with Crippen molar-refractivity contribution in [1.29, 1.82) is 0 Å². The van der Waals surface area contributed by atoms with Gasteiger partial charge in [0.2, 0.25) is 0 Å². The van der Waals surface area contributed by atoms with E-state index in [9.17, 15) is 4.39 Å². The number of aromatic amines is 1. The average molecular weight is 292 g/mol. The van der Waals surface area contributed by atoms with Gasteiger partial charge in [0.25, 0.3) is 0 Å². The Morgan fingerprint density at radius 2 is 2.20 bits per heavy atom. The Hall–Kier alpha value is -2.08. The summed E-state index contributed by atoms with van der Waals surface area (Å²) in [5.41, 5.74) is 7.49. The van der Waals surface area contributed by atoms with E-state index in [4.69, 9.17) is 17.3 Å². The lowest BCUT2D eigenvalue weighted by atomic mass is 10.2. The van der Waals surface area contributed by atoms with E-state index in [1.54, 1.807) is 12.1 Å². The molecular weight excluding hydrogens is 281 g/mol. The number of nitrogens with zero attached hydrogens (tertiary/aromatic N) is 3. The number of fused-ring (bicyclic) bond motifs is 1. The fourth-order valence-electron chi connectivity index (χ4n) is 2.45. The van der Waals surface area contributed by atoms with Crippen LogP contribution in [0.25, 0.3) is 16.7 Å². The highest BCUT2D eigenvalue weighted by molar-refractivity contribution is 6.32. The Morgan fingerprint density at radius 1 is 1.40 bits per heavy atom. The normalized spacial score (nSPS) is 15.1. The molecule has 0 amide bonds. The number of anilines is 1. The Morgan fingerprint density at radius 3 is 2.90 bits per heavy atom. The minimum absolute atomic E-state index is 0.206. The van der Waals surface area contributed by atoms with Crippen molar-refractivity contribution >= 4 is 28.5 Å². The molecule has 3 N–H and O–H groups in total. The van der Waals surface area contributed by atoms with Gasteiger partial charge in [0.05, 0.1) is 16.1 Å². The summed E-state index contributed by atoms with van der Waals surface area (Å²) in [5, 5.41) is 12.4. The first-order chi connectivity index (χ1) is 9.66. The molecule has 4 rings (SSSR count). The molecule has 0 unspecified atom stereocenters. The van der Waals surface area contributed by atoms with Crippen molar-refractivity contribution in [2.24, 2.45) is 0 Å². The van der Waals surface area contributed by atoms with Crippen LogP contribution in [-0.2, 0) is 0 Å². The molecule has 1 fully saturated rings. The summed E-state index contributed by atoms with van der Waals surface area (Å²) in [7, 11) is 0. The molecule has 5 nitrogen and oxygen atoms in total. The molecule has 1 aliphatic carbocycles. The maximum atomic E-state index is 14.1. The molecule has 7 heteroatoms. The maximum Gasteiger partial charge on any atom is 0.186 e. The standard InChI is InChI=1S/C13H11ClFN5/c14-7-2-1-3-8(15)11(7)20-13-9(12(16)17-18-13)10(19-20)6-4-5-6/h1-3,6H,4-5H2,(H3,16,17,18). The number of para-hydroxylation sites is 1. The largest absolute Gasteiger partial charge is 0.383 e. The lowest BCUT2D eigenvalue weighted by Crippen LogP contribution is -2.02. The van der Waals surface area contributed by atoms with Gasteiger partial charge in [0.1, 0.15) is 17.3 Å². The Kier molecular flexibility index (Phi) is 2.32. The second-order valence-electron chi connectivity index (χ2n) is 4.98. The monoisotopic (exact) mass is 291 g/mol. The van der Waals surface area contributed by atoms with Crippen molar-refractivity contribution in [1.82, 2.24) is 20.0 Å². The van der Waals surface area contributed by atoms with Crippen molar-refractivity contribution in [2.45, 2.75) is 18.8 Å². The van der Waals surface area contributed by atoms with Gasteiger partial charge in [0.15, 0.2) is 5.65 Å². The van der Waals surface area contributed by atoms with Crippen LogP contribution in [0.15, 0.2) is 18.2 Å². The number of benzene rings is 1. The highest BCUT2D eigenvalue weighted by Gasteiger charge is 2.32. The predicted octanol–water partition coefficient (Wildman–Crippen LogP) is 3.00. The number of nitrogens with two attached hydrogens (primary N) is 1. The van der Waals surface area contributed by atoms with Crippen LogP contribution in [0, 0.1) is 5.82 Å². The second-order valence-corrected chi connectivity index (χ2v) is 5.38. The number of halogens is 2. The van der Waals surface area contributed by atoms with Gasteiger partial charge in [-0.15, -0.1) is 0 Å². The average Bonchev–Trinajstić information content (AvgIpc) is 3.09. The van der Waals surface area contributed by atoms with E-state index in [-0.39, 0.29) is 5.69 Å². The van der Waals surface area contributed by atoms with E-state index in [0.717, 1.165) is 23.9 Å². The fraction of sp³-hybridized carbons (Fsp3) is 0.231.